The number of benzene rings is 2. The fraction of sp³-hybridized carbons (Fsp3) is 0.270. The summed E-state index contributed by atoms with van der Waals surface area (Å²) in [6, 6.07) is 26.2. The summed E-state index contributed by atoms with van der Waals surface area (Å²) in [6.45, 7) is 0.509. The zero-order valence-electron chi connectivity index (χ0n) is 25.8. The number of thiophene rings is 1. The number of carbonyl (C=O) groups is 2. The second-order valence-electron chi connectivity index (χ2n) is 12.2. The zero-order valence-corrected chi connectivity index (χ0v) is 26.6. The van der Waals surface area contributed by atoms with Gasteiger partial charge in [-0.2, -0.15) is 0 Å². The van der Waals surface area contributed by atoms with Crippen molar-refractivity contribution in [1.29, 1.82) is 0 Å². The summed E-state index contributed by atoms with van der Waals surface area (Å²) in [5.41, 5.74) is 4.25. The van der Waals surface area contributed by atoms with Crippen molar-refractivity contribution in [3.8, 4) is 11.5 Å². The Bertz CT molecular complexity index is 1800. The summed E-state index contributed by atoms with van der Waals surface area (Å²) in [4.78, 5) is 34.8. The molecule has 2 aliphatic heterocycles. The average molecular weight is 647 g/mol. The molecule has 2 aromatic carbocycles. The number of rotatable bonds is 10. The molecule has 4 atom stereocenters. The zero-order chi connectivity index (χ0) is 32.3. The van der Waals surface area contributed by atoms with Crippen LogP contribution in [0.1, 0.15) is 35.4 Å². The number of likely N-dealkylation sites (tertiary alicyclic amines) is 1. The van der Waals surface area contributed by atoms with Crippen molar-refractivity contribution in [1.82, 2.24) is 9.88 Å². The topological polar surface area (TPSA) is 109 Å². The van der Waals surface area contributed by atoms with E-state index < -0.39 is 25.1 Å². The molecule has 2 aromatic heterocycles. The number of phenolic OH excluding ortho intramolecular Hbond substituents is 1. The summed E-state index contributed by atoms with van der Waals surface area (Å²) in [5.74, 6) is -0.896. The van der Waals surface area contributed by atoms with Crippen molar-refractivity contribution in [3.05, 3.63) is 124 Å². The van der Waals surface area contributed by atoms with Gasteiger partial charge in [0.15, 0.2) is 0 Å². The second-order valence-corrected chi connectivity index (χ2v) is 13.3. The van der Waals surface area contributed by atoms with Gasteiger partial charge in [0.1, 0.15) is 18.1 Å². The fourth-order valence-electron chi connectivity index (χ4n) is 7.27. The molecule has 2 saturated heterocycles. The highest BCUT2D eigenvalue weighted by Crippen LogP contribution is 2.51. The van der Waals surface area contributed by atoms with Crippen LogP contribution in [-0.2, 0) is 20.8 Å². The number of ether oxygens (including phenoxy) is 1. The van der Waals surface area contributed by atoms with Gasteiger partial charge in [0, 0.05) is 16.6 Å². The van der Waals surface area contributed by atoms with E-state index in [0.29, 0.717) is 30.6 Å². The average Bonchev–Trinajstić information content (AvgIpc) is 3.69. The first-order chi connectivity index (χ1) is 23.0. The van der Waals surface area contributed by atoms with Gasteiger partial charge in [-0.25, -0.2) is 0 Å². The van der Waals surface area contributed by atoms with Crippen molar-refractivity contribution in [2.24, 2.45) is 17.8 Å². The summed E-state index contributed by atoms with van der Waals surface area (Å²) in [7, 11) is -1.08. The Morgan fingerprint density at radius 1 is 1.00 bits per heavy atom. The highest BCUT2D eigenvalue weighted by Gasteiger charge is 2.57. The lowest BCUT2D eigenvalue weighted by Crippen LogP contribution is -2.46. The van der Waals surface area contributed by atoms with E-state index in [-0.39, 0.29) is 43.0 Å². The molecule has 7 rings (SSSR count). The molecule has 2 fully saturated rings. The normalized spacial score (nSPS) is 22.8. The van der Waals surface area contributed by atoms with Crippen molar-refractivity contribution < 1.29 is 29.1 Å². The summed E-state index contributed by atoms with van der Waals surface area (Å²) in [6.07, 6.45) is 4.80. The van der Waals surface area contributed by atoms with Crippen LogP contribution in [0, 0.1) is 17.8 Å². The van der Waals surface area contributed by atoms with Crippen LogP contribution in [0.3, 0.4) is 0 Å². The Kier molecular flexibility index (Phi) is 9.06. The minimum atomic E-state index is -1.08. The Morgan fingerprint density at radius 2 is 1.81 bits per heavy atom. The van der Waals surface area contributed by atoms with Crippen LogP contribution < -0.4 is 4.74 Å². The van der Waals surface area contributed by atoms with E-state index in [4.69, 9.17) is 9.39 Å². The largest absolute Gasteiger partial charge is 0.507 e. The lowest BCUT2D eigenvalue weighted by molar-refractivity contribution is -0.140. The van der Waals surface area contributed by atoms with Gasteiger partial charge in [-0.05, 0) is 96.1 Å². The highest BCUT2D eigenvalue weighted by molar-refractivity contribution is 7.09. The van der Waals surface area contributed by atoms with E-state index in [1.54, 1.807) is 18.3 Å². The number of fused-ring (bicyclic) bond motifs is 3. The van der Waals surface area contributed by atoms with Crippen LogP contribution in [0.15, 0.2) is 108 Å². The number of aromatic hydroxyl groups is 1. The molecule has 4 aromatic rings. The van der Waals surface area contributed by atoms with Crippen molar-refractivity contribution in [3.63, 3.8) is 0 Å². The van der Waals surface area contributed by atoms with Crippen molar-refractivity contribution in [2.45, 2.75) is 38.2 Å². The Balaban J connectivity index is 1.23. The smallest absolute Gasteiger partial charge is 0.455 e. The minimum Gasteiger partial charge on any atom is -0.507 e. The Hall–Kier alpha value is -4.51. The van der Waals surface area contributed by atoms with Crippen LogP contribution in [0.2, 0.25) is 6.32 Å². The number of imide groups is 1. The molecule has 0 bridgehead atoms. The van der Waals surface area contributed by atoms with Crippen molar-refractivity contribution in [2.75, 3.05) is 6.61 Å². The van der Waals surface area contributed by atoms with Gasteiger partial charge in [-0.3, -0.25) is 19.5 Å². The van der Waals surface area contributed by atoms with Gasteiger partial charge in [0.2, 0.25) is 11.8 Å². The standard InChI is InChI=1S/C37H35BN2O6S/c41-32-14-5-4-9-25(32)19-24(31-13-6-7-17-39-31)15-16-33-34-26(23-45-27-10-2-1-3-11-27)20-29-35(30(34)21-38(44)46-33)37(43)40(36(29)42)22-28-12-8-18-47-28/h1-14,17-19,29-30,33,35,41,44H,15-16,20-23H2/b24-19-/t29-,30+,33-,35-/m1/s1. The minimum absolute atomic E-state index is 0.162. The number of allylic oxidation sites excluding steroid dienone is 1. The van der Waals surface area contributed by atoms with Crippen LogP contribution in [-0.4, -0.2) is 51.7 Å². The molecule has 1 aliphatic carbocycles. The first-order valence-corrected chi connectivity index (χ1v) is 16.8. The molecule has 47 heavy (non-hydrogen) atoms. The molecule has 4 heterocycles. The lowest BCUT2D eigenvalue weighted by atomic mass is 9.58. The van der Waals surface area contributed by atoms with Crippen LogP contribution >= 0.6 is 11.3 Å². The molecule has 8 nitrogen and oxygen atoms in total. The molecular weight excluding hydrogens is 611 g/mol. The number of para-hydroxylation sites is 2. The lowest BCUT2D eigenvalue weighted by Gasteiger charge is -2.43. The third-order valence-corrected chi connectivity index (χ3v) is 10.2. The van der Waals surface area contributed by atoms with Crippen molar-refractivity contribution >= 4 is 41.9 Å². The van der Waals surface area contributed by atoms with E-state index in [1.807, 2.05) is 84.3 Å². The third kappa shape index (κ3) is 6.54. The highest BCUT2D eigenvalue weighted by atomic mass is 32.1. The van der Waals surface area contributed by atoms with Gasteiger partial charge >= 0.3 is 7.12 Å². The number of hydrogen-bond donors (Lipinski definition) is 2. The monoisotopic (exact) mass is 646 g/mol. The number of nitrogens with zero attached hydrogens (tertiary/aromatic N) is 2. The molecule has 2 amide bonds. The van der Waals surface area contributed by atoms with E-state index in [0.717, 1.165) is 27.3 Å². The molecule has 3 aliphatic rings. The van der Waals surface area contributed by atoms with Gasteiger partial charge in [0.25, 0.3) is 0 Å². The Morgan fingerprint density at radius 3 is 2.57 bits per heavy atom. The molecule has 0 radical (unpaired) electrons. The van der Waals surface area contributed by atoms with Crippen LogP contribution in [0.25, 0.3) is 11.6 Å². The van der Waals surface area contributed by atoms with Gasteiger partial charge in [-0.15, -0.1) is 11.3 Å². The summed E-state index contributed by atoms with van der Waals surface area (Å²) < 4.78 is 12.5. The number of phenols is 1. The number of carbonyl (C=O) groups excluding carboxylic acids is 2. The van der Waals surface area contributed by atoms with Crippen LogP contribution in [0.5, 0.6) is 11.5 Å². The fourth-order valence-corrected chi connectivity index (χ4v) is 7.97. The maximum absolute atomic E-state index is 14.0. The quantitative estimate of drug-likeness (QED) is 0.119. The Labute approximate surface area is 278 Å². The predicted octanol–water partition coefficient (Wildman–Crippen LogP) is 6.25. The third-order valence-electron chi connectivity index (χ3n) is 9.39. The first-order valence-electron chi connectivity index (χ1n) is 16.0. The van der Waals surface area contributed by atoms with E-state index in [1.165, 1.54) is 16.2 Å². The molecule has 10 heteroatoms. The molecular formula is C37H35BN2O6S. The summed E-state index contributed by atoms with van der Waals surface area (Å²) in [5, 5.41) is 23.5. The van der Waals surface area contributed by atoms with E-state index in [2.05, 4.69) is 4.98 Å². The number of aromatic nitrogens is 1. The first kappa shape index (κ1) is 31.1. The molecule has 0 saturated carbocycles. The summed E-state index contributed by atoms with van der Waals surface area (Å²) >= 11 is 1.52. The van der Waals surface area contributed by atoms with Crippen LogP contribution in [0.4, 0.5) is 0 Å². The maximum Gasteiger partial charge on any atom is 0.455 e. The predicted molar refractivity (Wildman–Crippen MR) is 181 cm³/mol. The number of pyridine rings is 1. The van der Waals surface area contributed by atoms with Gasteiger partial charge in [0.05, 0.1) is 30.2 Å². The van der Waals surface area contributed by atoms with E-state index >= 15 is 0 Å². The molecule has 2 N–H and O–H groups in total. The SMILES string of the molecule is O=C1[C@@H]2[C@@H](CC(COc3ccccc3)=C3[C@@H](CC/C(=C/c4ccccc4O)c4ccccn4)OB(O)C[C@@H]32)C(=O)N1Cc1cccs1. The van der Waals surface area contributed by atoms with Gasteiger partial charge < -0.3 is 19.5 Å². The molecule has 238 valence electrons. The molecule has 0 unspecified atom stereocenters. The number of amides is 2. The van der Waals surface area contributed by atoms with E-state index in [9.17, 15) is 19.7 Å². The maximum atomic E-state index is 14.0. The molecule has 0 spiro atoms. The second kappa shape index (κ2) is 13.7. The van der Waals surface area contributed by atoms with Gasteiger partial charge in [-0.1, -0.05) is 48.5 Å². The number of hydrogen-bond acceptors (Lipinski definition) is 8.